The van der Waals surface area contributed by atoms with Crippen LogP contribution in [0.5, 0.6) is 11.5 Å². The van der Waals surface area contributed by atoms with Gasteiger partial charge in [-0.1, -0.05) is 0 Å². The van der Waals surface area contributed by atoms with Gasteiger partial charge in [0, 0.05) is 11.1 Å². The fraction of sp³-hybridized carbons (Fsp3) is 0.133. The molecule has 0 amide bonds. The minimum Gasteiger partial charge on any atom is -0.497 e. The van der Waals surface area contributed by atoms with Crippen LogP contribution in [-0.4, -0.2) is 20.0 Å². The van der Waals surface area contributed by atoms with E-state index in [1.54, 1.807) is 50.6 Å². The van der Waals surface area contributed by atoms with Crippen LogP contribution in [0.1, 0.15) is 15.9 Å². The van der Waals surface area contributed by atoms with Crippen LogP contribution in [0, 0.1) is 12.1 Å². The van der Waals surface area contributed by atoms with Crippen molar-refractivity contribution in [2.45, 2.75) is 0 Å². The van der Waals surface area contributed by atoms with Gasteiger partial charge in [-0.25, -0.2) is 0 Å². The van der Waals surface area contributed by atoms with Crippen molar-refractivity contribution in [3.63, 3.8) is 0 Å². The van der Waals surface area contributed by atoms with Crippen molar-refractivity contribution in [2.75, 3.05) is 14.2 Å². The van der Waals surface area contributed by atoms with Gasteiger partial charge in [0.2, 0.25) is 0 Å². The van der Waals surface area contributed by atoms with Crippen LogP contribution in [0.15, 0.2) is 36.4 Å². The second-order valence-corrected chi connectivity index (χ2v) is 3.61. The van der Waals surface area contributed by atoms with Gasteiger partial charge in [-0.15, -0.1) is 0 Å². The molecule has 2 radical (unpaired) electrons. The van der Waals surface area contributed by atoms with Crippen molar-refractivity contribution < 1.29 is 14.3 Å². The highest BCUT2D eigenvalue weighted by molar-refractivity contribution is 6.09. The molecule has 0 saturated heterocycles. The highest BCUT2D eigenvalue weighted by Crippen LogP contribution is 2.18. The van der Waals surface area contributed by atoms with E-state index in [1.807, 2.05) is 0 Å². The van der Waals surface area contributed by atoms with E-state index < -0.39 is 0 Å². The first kappa shape index (κ1) is 12.2. The van der Waals surface area contributed by atoms with Gasteiger partial charge in [-0.05, 0) is 48.5 Å². The van der Waals surface area contributed by atoms with Crippen molar-refractivity contribution in [2.24, 2.45) is 0 Å². The Kier molecular flexibility index (Phi) is 3.63. The standard InChI is InChI=1S/C15H12O3/c1-17-13-7-3-5-11(9-13)15(16)12-6-4-8-14(10-12)18-2/h3-4,7-10H,1-2H3. The molecule has 2 aromatic carbocycles. The number of carbonyl (C=O) groups excluding carboxylic acids is 1. The van der Waals surface area contributed by atoms with E-state index in [0.717, 1.165) is 0 Å². The third-order valence-corrected chi connectivity index (χ3v) is 2.51. The van der Waals surface area contributed by atoms with Crippen molar-refractivity contribution >= 4 is 5.78 Å². The van der Waals surface area contributed by atoms with E-state index >= 15 is 0 Å². The van der Waals surface area contributed by atoms with Crippen molar-refractivity contribution in [1.82, 2.24) is 0 Å². The minimum atomic E-state index is -0.159. The largest absolute Gasteiger partial charge is 0.497 e. The summed E-state index contributed by atoms with van der Waals surface area (Å²) >= 11 is 0. The third-order valence-electron chi connectivity index (χ3n) is 2.51. The molecule has 0 heterocycles. The Morgan fingerprint density at radius 3 is 1.78 bits per heavy atom. The second-order valence-electron chi connectivity index (χ2n) is 3.61. The molecule has 3 nitrogen and oxygen atoms in total. The molecule has 0 spiro atoms. The number of carbonyl (C=O) groups is 1. The van der Waals surface area contributed by atoms with Crippen LogP contribution in [0.25, 0.3) is 0 Å². The van der Waals surface area contributed by atoms with Gasteiger partial charge < -0.3 is 9.47 Å². The first-order chi connectivity index (χ1) is 8.74. The summed E-state index contributed by atoms with van der Waals surface area (Å²) in [5.41, 5.74) is 0.887. The zero-order valence-corrected chi connectivity index (χ0v) is 10.2. The molecule has 0 fully saturated rings. The molecule has 18 heavy (non-hydrogen) atoms. The number of hydrogen-bond acceptors (Lipinski definition) is 3. The number of ether oxygens (including phenoxy) is 2. The topological polar surface area (TPSA) is 35.5 Å². The maximum absolute atomic E-state index is 12.2. The van der Waals surface area contributed by atoms with Crippen molar-refractivity contribution in [3.8, 4) is 11.5 Å². The minimum absolute atomic E-state index is 0.159. The Bertz CT molecular complexity index is 512. The lowest BCUT2D eigenvalue weighted by molar-refractivity contribution is 0.103. The molecular formula is C15H12O3. The third kappa shape index (κ3) is 2.51. The SMILES string of the molecule is COc1cc[c]c(C(=O)c2[c]ccc(OC)c2)c1. The summed E-state index contributed by atoms with van der Waals surface area (Å²) in [5, 5.41) is 0. The van der Waals surface area contributed by atoms with Gasteiger partial charge in [0.15, 0.2) is 5.78 Å². The molecule has 2 rings (SSSR count). The average Bonchev–Trinajstić information content (AvgIpc) is 2.46. The Labute approximate surface area is 106 Å². The molecule has 0 saturated carbocycles. The lowest BCUT2D eigenvalue weighted by Crippen LogP contribution is -2.02. The zero-order chi connectivity index (χ0) is 13.0. The van der Waals surface area contributed by atoms with Crippen LogP contribution in [0.3, 0.4) is 0 Å². The second kappa shape index (κ2) is 5.36. The van der Waals surface area contributed by atoms with E-state index in [2.05, 4.69) is 12.1 Å². The van der Waals surface area contributed by atoms with Crippen molar-refractivity contribution in [3.05, 3.63) is 59.7 Å². The summed E-state index contributed by atoms with van der Waals surface area (Å²) in [5.74, 6) is 1.09. The van der Waals surface area contributed by atoms with Gasteiger partial charge >= 0.3 is 0 Å². The number of methoxy groups -OCH3 is 2. The summed E-state index contributed by atoms with van der Waals surface area (Å²) in [7, 11) is 3.11. The monoisotopic (exact) mass is 240 g/mol. The quantitative estimate of drug-likeness (QED) is 0.770. The molecule has 0 aromatic heterocycles. The Morgan fingerprint density at radius 2 is 1.39 bits per heavy atom. The Hall–Kier alpha value is -2.29. The Balaban J connectivity index is 2.34. The first-order valence-corrected chi connectivity index (χ1v) is 5.40. The first-order valence-electron chi connectivity index (χ1n) is 5.40. The molecule has 0 bridgehead atoms. The summed E-state index contributed by atoms with van der Waals surface area (Å²) < 4.78 is 10.2. The van der Waals surface area contributed by atoms with Gasteiger partial charge in [0.25, 0.3) is 0 Å². The molecule has 0 unspecified atom stereocenters. The summed E-state index contributed by atoms with van der Waals surface area (Å²) in [6.07, 6.45) is 0. The number of ketones is 1. The average molecular weight is 240 g/mol. The molecule has 0 atom stereocenters. The lowest BCUT2D eigenvalue weighted by atomic mass is 10.0. The number of rotatable bonds is 4. The molecule has 90 valence electrons. The van der Waals surface area contributed by atoms with Gasteiger partial charge in [-0.3, -0.25) is 4.79 Å². The maximum Gasteiger partial charge on any atom is 0.194 e. The molecular weight excluding hydrogens is 228 g/mol. The van der Waals surface area contributed by atoms with E-state index in [9.17, 15) is 4.79 Å². The van der Waals surface area contributed by atoms with Crippen LogP contribution < -0.4 is 9.47 Å². The van der Waals surface area contributed by atoms with Gasteiger partial charge in [-0.2, -0.15) is 0 Å². The van der Waals surface area contributed by atoms with Crippen LogP contribution in [0.2, 0.25) is 0 Å². The van der Waals surface area contributed by atoms with E-state index in [-0.39, 0.29) is 5.78 Å². The van der Waals surface area contributed by atoms with E-state index in [4.69, 9.17) is 9.47 Å². The molecule has 0 aliphatic rings. The molecule has 3 heteroatoms. The van der Waals surface area contributed by atoms with Gasteiger partial charge in [0.05, 0.1) is 14.2 Å². The van der Waals surface area contributed by atoms with E-state index in [0.29, 0.717) is 22.6 Å². The number of hydrogen-bond donors (Lipinski definition) is 0. The summed E-state index contributed by atoms with van der Waals surface area (Å²) in [4.78, 5) is 12.2. The predicted octanol–water partition coefficient (Wildman–Crippen LogP) is 2.54. The normalized spacial score (nSPS) is 9.89. The number of benzene rings is 2. The molecule has 0 aliphatic carbocycles. The smallest absolute Gasteiger partial charge is 0.194 e. The fourth-order valence-corrected chi connectivity index (χ4v) is 1.55. The highest BCUT2D eigenvalue weighted by Gasteiger charge is 2.11. The lowest BCUT2D eigenvalue weighted by Gasteiger charge is -2.05. The van der Waals surface area contributed by atoms with Crippen molar-refractivity contribution in [1.29, 1.82) is 0 Å². The van der Waals surface area contributed by atoms with Crippen LogP contribution in [-0.2, 0) is 0 Å². The molecule has 2 aromatic rings. The highest BCUT2D eigenvalue weighted by atomic mass is 16.5. The van der Waals surface area contributed by atoms with E-state index in [1.165, 1.54) is 0 Å². The summed E-state index contributed by atoms with van der Waals surface area (Å²) in [6, 6.07) is 15.9. The molecule has 0 aliphatic heterocycles. The fourth-order valence-electron chi connectivity index (χ4n) is 1.55. The zero-order valence-electron chi connectivity index (χ0n) is 10.2. The Morgan fingerprint density at radius 1 is 0.944 bits per heavy atom. The summed E-state index contributed by atoms with van der Waals surface area (Å²) in [6.45, 7) is 0. The van der Waals surface area contributed by atoms with Crippen LogP contribution >= 0.6 is 0 Å². The molecule has 0 N–H and O–H groups in total. The maximum atomic E-state index is 12.2. The predicted molar refractivity (Wildman–Crippen MR) is 67.1 cm³/mol. The van der Waals surface area contributed by atoms with Crippen LogP contribution in [0.4, 0.5) is 0 Å². The van der Waals surface area contributed by atoms with Gasteiger partial charge in [0.1, 0.15) is 11.5 Å².